The van der Waals surface area contributed by atoms with Gasteiger partial charge in [0.15, 0.2) is 0 Å². The molecule has 5 heteroatoms. The molecule has 0 amide bonds. The van der Waals surface area contributed by atoms with Gasteiger partial charge in [-0.25, -0.2) is 0 Å². The van der Waals surface area contributed by atoms with Crippen LogP contribution in [-0.4, -0.2) is 29.9 Å². The molecule has 1 unspecified atom stereocenters. The Balaban J connectivity index is 1.92. The highest BCUT2D eigenvalue weighted by Crippen LogP contribution is 2.28. The molecule has 0 bridgehead atoms. The number of halogens is 1. The maximum Gasteiger partial charge on any atom is 0.326 e. The van der Waals surface area contributed by atoms with E-state index in [0.717, 1.165) is 29.2 Å². The maximum absolute atomic E-state index is 12.2. The first kappa shape index (κ1) is 16.7. The summed E-state index contributed by atoms with van der Waals surface area (Å²) in [5, 5.41) is 4.20. The molecule has 1 fully saturated rings. The minimum Gasteiger partial charge on any atom is -0.465 e. The molecule has 21 heavy (non-hydrogen) atoms. The summed E-state index contributed by atoms with van der Waals surface area (Å²) >= 11 is 7.86. The van der Waals surface area contributed by atoms with Crippen molar-refractivity contribution >= 4 is 29.3 Å². The number of thioether (sulfide) groups is 1. The van der Waals surface area contributed by atoms with Crippen molar-refractivity contribution in [3.8, 4) is 0 Å². The number of hydrogen-bond acceptors (Lipinski definition) is 4. The van der Waals surface area contributed by atoms with Crippen LogP contribution in [0, 0.1) is 0 Å². The van der Waals surface area contributed by atoms with Crippen LogP contribution in [0.5, 0.6) is 0 Å². The lowest BCUT2D eigenvalue weighted by Crippen LogP contribution is -2.53. The van der Waals surface area contributed by atoms with E-state index in [-0.39, 0.29) is 5.97 Å². The Kier molecular flexibility index (Phi) is 5.97. The molecule has 1 atom stereocenters. The van der Waals surface area contributed by atoms with Crippen LogP contribution < -0.4 is 5.32 Å². The Bertz CT molecular complexity index is 493. The Hall–Kier alpha value is -0.710. The van der Waals surface area contributed by atoms with Gasteiger partial charge in [-0.15, -0.1) is 0 Å². The van der Waals surface area contributed by atoms with Crippen LogP contribution in [0.2, 0.25) is 5.02 Å². The third-order valence-electron chi connectivity index (χ3n) is 3.43. The van der Waals surface area contributed by atoms with Crippen molar-refractivity contribution in [2.45, 2.75) is 44.0 Å². The van der Waals surface area contributed by atoms with Crippen LogP contribution in [0.15, 0.2) is 24.3 Å². The number of nitrogens with one attached hydrogen (secondary N) is 1. The highest BCUT2D eigenvalue weighted by atomic mass is 35.5. The van der Waals surface area contributed by atoms with Crippen molar-refractivity contribution in [2.24, 2.45) is 0 Å². The maximum atomic E-state index is 12.2. The summed E-state index contributed by atoms with van der Waals surface area (Å²) in [4.78, 5) is 12.2. The first-order chi connectivity index (χ1) is 10.0. The normalized spacial score (nSPS) is 17.3. The summed E-state index contributed by atoms with van der Waals surface area (Å²) in [6.07, 6.45) is 2.29. The molecule has 1 aromatic rings. The fourth-order valence-electron chi connectivity index (χ4n) is 2.11. The van der Waals surface area contributed by atoms with Crippen molar-refractivity contribution in [2.75, 3.05) is 12.4 Å². The van der Waals surface area contributed by atoms with Crippen molar-refractivity contribution in [1.82, 2.24) is 5.32 Å². The zero-order valence-electron chi connectivity index (χ0n) is 12.5. The first-order valence-corrected chi connectivity index (χ1v) is 8.84. The molecule has 0 saturated heterocycles. The van der Waals surface area contributed by atoms with Gasteiger partial charge >= 0.3 is 5.97 Å². The van der Waals surface area contributed by atoms with E-state index in [0.29, 0.717) is 18.4 Å². The number of esters is 1. The van der Waals surface area contributed by atoms with Crippen LogP contribution in [0.4, 0.5) is 0 Å². The van der Waals surface area contributed by atoms with Gasteiger partial charge in [-0.2, -0.15) is 11.8 Å². The van der Waals surface area contributed by atoms with E-state index in [4.69, 9.17) is 16.3 Å². The molecule has 1 N–H and O–H groups in total. The summed E-state index contributed by atoms with van der Waals surface area (Å²) in [5.41, 5.74) is 0.477. The molecule has 1 aromatic carbocycles. The van der Waals surface area contributed by atoms with Gasteiger partial charge in [-0.1, -0.05) is 29.8 Å². The smallest absolute Gasteiger partial charge is 0.326 e. The molecular formula is C16H22ClNO2S. The minimum absolute atomic E-state index is 0.163. The van der Waals surface area contributed by atoms with Gasteiger partial charge in [0.2, 0.25) is 0 Å². The predicted octanol–water partition coefficient (Wildman–Crippen LogP) is 3.65. The van der Waals surface area contributed by atoms with E-state index in [1.807, 2.05) is 38.1 Å². The molecule has 116 valence electrons. The molecule has 0 heterocycles. The first-order valence-electron chi connectivity index (χ1n) is 7.31. The number of hydrogen-bond donors (Lipinski definition) is 1. The third kappa shape index (κ3) is 4.90. The van der Waals surface area contributed by atoms with Gasteiger partial charge in [0.05, 0.1) is 6.61 Å². The second-order valence-corrected chi connectivity index (χ2v) is 6.95. The van der Waals surface area contributed by atoms with E-state index in [1.165, 1.54) is 0 Å². The number of carbonyl (C=O) groups is 1. The highest BCUT2D eigenvalue weighted by Gasteiger charge is 2.39. The van der Waals surface area contributed by atoms with Gasteiger partial charge in [0, 0.05) is 22.6 Å². The van der Waals surface area contributed by atoms with Gasteiger partial charge < -0.3 is 4.74 Å². The van der Waals surface area contributed by atoms with E-state index in [2.05, 4.69) is 5.32 Å². The topological polar surface area (TPSA) is 38.3 Å². The molecular weight excluding hydrogens is 306 g/mol. The third-order valence-corrected chi connectivity index (χ3v) is 5.10. The molecule has 1 aliphatic carbocycles. The summed E-state index contributed by atoms with van der Waals surface area (Å²) in [6, 6.07) is 8.28. The lowest BCUT2D eigenvalue weighted by Gasteiger charge is -2.28. The number of benzene rings is 1. The molecule has 0 spiro atoms. The lowest BCUT2D eigenvalue weighted by atomic mass is 10.1. The molecule has 1 saturated carbocycles. The molecule has 0 aliphatic heterocycles. The fourth-order valence-corrected chi connectivity index (χ4v) is 3.57. The highest BCUT2D eigenvalue weighted by molar-refractivity contribution is 7.98. The number of rotatable bonds is 8. The quantitative estimate of drug-likeness (QED) is 0.740. The van der Waals surface area contributed by atoms with Crippen molar-refractivity contribution in [3.05, 3.63) is 34.9 Å². The van der Waals surface area contributed by atoms with Crippen LogP contribution in [0.3, 0.4) is 0 Å². The summed E-state index contributed by atoms with van der Waals surface area (Å²) in [7, 11) is 0. The Labute approximate surface area is 135 Å². The van der Waals surface area contributed by atoms with Crippen LogP contribution in [-0.2, 0) is 15.3 Å². The summed E-state index contributed by atoms with van der Waals surface area (Å²) in [5.74, 6) is 1.30. The van der Waals surface area contributed by atoms with Gasteiger partial charge in [-0.05, 0) is 38.3 Å². The molecule has 0 aromatic heterocycles. The zero-order chi connectivity index (χ0) is 15.3. The predicted molar refractivity (Wildman–Crippen MR) is 88.8 cm³/mol. The van der Waals surface area contributed by atoms with Crippen LogP contribution in [0.1, 0.15) is 32.3 Å². The van der Waals surface area contributed by atoms with E-state index in [9.17, 15) is 4.79 Å². The van der Waals surface area contributed by atoms with Gasteiger partial charge in [0.25, 0.3) is 0 Å². The molecule has 2 rings (SSSR count). The van der Waals surface area contributed by atoms with E-state index < -0.39 is 5.54 Å². The van der Waals surface area contributed by atoms with Crippen molar-refractivity contribution in [1.29, 1.82) is 0 Å². The monoisotopic (exact) mass is 327 g/mol. The summed E-state index contributed by atoms with van der Waals surface area (Å²) in [6.45, 7) is 4.19. The van der Waals surface area contributed by atoms with Gasteiger partial charge in [-0.3, -0.25) is 10.1 Å². The molecule has 1 aliphatic rings. The van der Waals surface area contributed by atoms with Crippen LogP contribution in [0.25, 0.3) is 0 Å². The number of carbonyl (C=O) groups excluding carboxylic acids is 1. The average Bonchev–Trinajstić information content (AvgIpc) is 3.25. The molecule has 3 nitrogen and oxygen atoms in total. The largest absolute Gasteiger partial charge is 0.465 e. The van der Waals surface area contributed by atoms with Crippen molar-refractivity contribution < 1.29 is 9.53 Å². The SMILES string of the molecule is CCOC(=O)C(C)(CSCc1ccccc1Cl)NC1CC1. The average molecular weight is 328 g/mol. The second-order valence-electron chi connectivity index (χ2n) is 5.56. The Morgan fingerprint density at radius 1 is 1.48 bits per heavy atom. The van der Waals surface area contributed by atoms with Crippen molar-refractivity contribution in [3.63, 3.8) is 0 Å². The van der Waals surface area contributed by atoms with Gasteiger partial charge in [0.1, 0.15) is 5.54 Å². The van der Waals surface area contributed by atoms with E-state index >= 15 is 0 Å². The standard InChI is InChI=1S/C16H22ClNO2S/c1-3-20-15(19)16(2,18-13-8-9-13)11-21-10-12-6-4-5-7-14(12)17/h4-7,13,18H,3,8-11H2,1-2H3. The fraction of sp³-hybridized carbons (Fsp3) is 0.562. The zero-order valence-corrected chi connectivity index (χ0v) is 14.1. The lowest BCUT2D eigenvalue weighted by molar-refractivity contribution is -0.149. The Morgan fingerprint density at radius 2 is 2.19 bits per heavy atom. The second kappa shape index (κ2) is 7.52. The van der Waals surface area contributed by atoms with E-state index in [1.54, 1.807) is 11.8 Å². The molecule has 0 radical (unpaired) electrons. The summed E-state index contributed by atoms with van der Waals surface area (Å²) < 4.78 is 5.22. The minimum atomic E-state index is -0.622. The Morgan fingerprint density at radius 3 is 2.81 bits per heavy atom. The number of ether oxygens (including phenoxy) is 1. The van der Waals surface area contributed by atoms with Crippen LogP contribution >= 0.6 is 23.4 Å².